The van der Waals surface area contributed by atoms with Crippen LogP contribution in [0.2, 0.25) is 0 Å². The summed E-state index contributed by atoms with van der Waals surface area (Å²) in [6, 6.07) is 9.58. The van der Waals surface area contributed by atoms with Gasteiger partial charge in [0, 0.05) is 19.0 Å². The summed E-state index contributed by atoms with van der Waals surface area (Å²) in [6.07, 6.45) is 3.08. The maximum atomic E-state index is 12.1. The van der Waals surface area contributed by atoms with Crippen LogP contribution in [0.4, 0.5) is 0 Å². The molecular weight excluding hydrogens is 224 g/mol. The zero-order valence-corrected chi connectivity index (χ0v) is 10.7. The quantitative estimate of drug-likeness (QED) is 0.796. The minimum Gasteiger partial charge on any atom is -0.338 e. The number of carbonyl (C=O) groups excluding carboxylic acids is 1. The van der Waals surface area contributed by atoms with Crippen LogP contribution in [0.15, 0.2) is 24.3 Å². The lowest BCUT2D eigenvalue weighted by Gasteiger charge is -2.22. The number of amides is 1. The number of hydrogen-bond acceptors (Lipinski definition) is 2. The minimum absolute atomic E-state index is 0.273. The van der Waals surface area contributed by atoms with Gasteiger partial charge in [-0.15, -0.1) is 0 Å². The highest BCUT2D eigenvalue weighted by molar-refractivity contribution is 5.81. The molecule has 1 aliphatic carbocycles. The van der Waals surface area contributed by atoms with E-state index in [1.165, 1.54) is 0 Å². The van der Waals surface area contributed by atoms with Crippen LogP contribution in [0, 0.1) is 17.2 Å². The molecule has 0 saturated heterocycles. The zero-order chi connectivity index (χ0) is 13.0. The average Bonchev–Trinajstić information content (AvgIpc) is 3.22. The molecule has 1 aromatic rings. The second-order valence-electron chi connectivity index (χ2n) is 4.84. The topological polar surface area (TPSA) is 44.1 Å². The number of nitriles is 1. The van der Waals surface area contributed by atoms with Crippen molar-refractivity contribution in [1.29, 1.82) is 5.26 Å². The Morgan fingerprint density at radius 3 is 2.56 bits per heavy atom. The van der Waals surface area contributed by atoms with Gasteiger partial charge in [-0.05, 0) is 37.0 Å². The second kappa shape index (κ2) is 5.68. The maximum Gasteiger partial charge on any atom is 0.225 e. The van der Waals surface area contributed by atoms with Crippen molar-refractivity contribution in [1.82, 2.24) is 4.90 Å². The lowest BCUT2D eigenvalue weighted by Crippen LogP contribution is -2.32. The van der Waals surface area contributed by atoms with Gasteiger partial charge in [0.1, 0.15) is 0 Å². The summed E-state index contributed by atoms with van der Waals surface area (Å²) in [4.78, 5) is 14.0. The number of rotatable bonds is 5. The molecule has 94 valence electrons. The fourth-order valence-electron chi connectivity index (χ4n) is 2.03. The summed E-state index contributed by atoms with van der Waals surface area (Å²) in [5, 5.41) is 8.75. The molecule has 0 bridgehead atoms. The van der Waals surface area contributed by atoms with Gasteiger partial charge in [0.05, 0.1) is 11.6 Å². The summed E-state index contributed by atoms with van der Waals surface area (Å²) < 4.78 is 0. The van der Waals surface area contributed by atoms with Crippen LogP contribution in [0.5, 0.6) is 0 Å². The van der Waals surface area contributed by atoms with E-state index in [1.54, 1.807) is 12.1 Å². The molecule has 0 spiro atoms. The molecule has 0 unspecified atom stereocenters. The summed E-state index contributed by atoms with van der Waals surface area (Å²) in [6.45, 7) is 3.57. The van der Waals surface area contributed by atoms with Gasteiger partial charge in [-0.1, -0.05) is 19.1 Å². The van der Waals surface area contributed by atoms with E-state index in [9.17, 15) is 4.79 Å². The number of carbonyl (C=O) groups is 1. The van der Waals surface area contributed by atoms with E-state index in [0.29, 0.717) is 18.0 Å². The fourth-order valence-corrected chi connectivity index (χ4v) is 2.03. The molecule has 3 nitrogen and oxygen atoms in total. The number of nitrogens with zero attached hydrogens (tertiary/aromatic N) is 2. The van der Waals surface area contributed by atoms with E-state index in [-0.39, 0.29) is 5.92 Å². The molecule has 0 N–H and O–H groups in total. The van der Waals surface area contributed by atoms with Gasteiger partial charge in [-0.25, -0.2) is 0 Å². The maximum absolute atomic E-state index is 12.1. The van der Waals surface area contributed by atoms with Crippen LogP contribution in [0.25, 0.3) is 0 Å². The third kappa shape index (κ3) is 3.10. The first-order valence-corrected chi connectivity index (χ1v) is 6.52. The van der Waals surface area contributed by atoms with Crippen LogP contribution < -0.4 is 0 Å². The molecule has 3 heteroatoms. The van der Waals surface area contributed by atoms with Gasteiger partial charge in [0.2, 0.25) is 5.91 Å². The molecule has 0 aromatic heterocycles. The Balaban J connectivity index is 2.02. The Kier molecular flexibility index (Phi) is 3.99. The molecule has 1 aliphatic rings. The molecule has 0 heterocycles. The largest absolute Gasteiger partial charge is 0.338 e. The first-order valence-electron chi connectivity index (χ1n) is 6.52. The van der Waals surface area contributed by atoms with E-state index in [1.807, 2.05) is 17.0 Å². The van der Waals surface area contributed by atoms with Crippen molar-refractivity contribution in [2.24, 2.45) is 5.92 Å². The minimum atomic E-state index is 0.273. The predicted octanol–water partition coefficient (Wildman–Crippen LogP) is 2.71. The normalized spacial score (nSPS) is 14.0. The van der Waals surface area contributed by atoms with Gasteiger partial charge in [-0.3, -0.25) is 4.79 Å². The first kappa shape index (κ1) is 12.6. The van der Waals surface area contributed by atoms with Crippen molar-refractivity contribution < 1.29 is 4.79 Å². The van der Waals surface area contributed by atoms with Gasteiger partial charge in [0.25, 0.3) is 0 Å². The van der Waals surface area contributed by atoms with Gasteiger partial charge < -0.3 is 4.90 Å². The first-order chi connectivity index (χ1) is 8.74. The molecule has 18 heavy (non-hydrogen) atoms. The Morgan fingerprint density at radius 2 is 2.06 bits per heavy atom. The van der Waals surface area contributed by atoms with E-state index in [4.69, 9.17) is 5.26 Å². The lowest BCUT2D eigenvalue weighted by atomic mass is 10.1. The zero-order valence-electron chi connectivity index (χ0n) is 10.7. The summed E-state index contributed by atoms with van der Waals surface area (Å²) >= 11 is 0. The number of hydrogen-bond donors (Lipinski definition) is 0. The molecule has 0 atom stereocenters. The number of benzene rings is 1. The lowest BCUT2D eigenvalue weighted by molar-refractivity contribution is -0.133. The molecule has 2 rings (SSSR count). The highest BCUT2D eigenvalue weighted by Gasteiger charge is 2.32. The van der Waals surface area contributed by atoms with E-state index in [0.717, 1.165) is 31.4 Å². The molecule has 0 radical (unpaired) electrons. The van der Waals surface area contributed by atoms with Crippen molar-refractivity contribution in [2.75, 3.05) is 6.54 Å². The van der Waals surface area contributed by atoms with E-state index < -0.39 is 0 Å². The summed E-state index contributed by atoms with van der Waals surface area (Å²) in [5.41, 5.74) is 1.76. The monoisotopic (exact) mass is 242 g/mol. The molecule has 1 aromatic carbocycles. The average molecular weight is 242 g/mol. The van der Waals surface area contributed by atoms with Crippen molar-refractivity contribution >= 4 is 5.91 Å². The van der Waals surface area contributed by atoms with E-state index in [2.05, 4.69) is 13.0 Å². The van der Waals surface area contributed by atoms with Crippen LogP contribution in [-0.4, -0.2) is 17.4 Å². The van der Waals surface area contributed by atoms with E-state index >= 15 is 0 Å². The Hall–Kier alpha value is -1.82. The fraction of sp³-hybridized carbons (Fsp3) is 0.467. The standard InChI is InChI=1S/C15H18N2O/c1-2-9-17(15(18)14-7-8-14)11-13-5-3-12(10-16)4-6-13/h3-6,14H,2,7-9,11H2,1H3. The third-order valence-electron chi connectivity index (χ3n) is 3.19. The van der Waals surface area contributed by atoms with Gasteiger partial charge in [0.15, 0.2) is 0 Å². The van der Waals surface area contributed by atoms with Crippen molar-refractivity contribution in [3.63, 3.8) is 0 Å². The van der Waals surface area contributed by atoms with Crippen LogP contribution in [0.3, 0.4) is 0 Å². The highest BCUT2D eigenvalue weighted by Crippen LogP contribution is 2.31. The van der Waals surface area contributed by atoms with Crippen molar-refractivity contribution in [3.05, 3.63) is 35.4 Å². The molecule has 1 fully saturated rings. The third-order valence-corrected chi connectivity index (χ3v) is 3.19. The predicted molar refractivity (Wildman–Crippen MR) is 69.6 cm³/mol. The highest BCUT2D eigenvalue weighted by atomic mass is 16.2. The van der Waals surface area contributed by atoms with Gasteiger partial charge >= 0.3 is 0 Å². The molecule has 1 saturated carbocycles. The summed E-state index contributed by atoms with van der Waals surface area (Å²) in [5.74, 6) is 0.566. The van der Waals surface area contributed by atoms with Crippen LogP contribution in [-0.2, 0) is 11.3 Å². The van der Waals surface area contributed by atoms with Gasteiger partial charge in [-0.2, -0.15) is 5.26 Å². The molecule has 1 amide bonds. The Morgan fingerprint density at radius 1 is 1.39 bits per heavy atom. The van der Waals surface area contributed by atoms with Crippen LogP contribution >= 0.6 is 0 Å². The summed E-state index contributed by atoms with van der Waals surface area (Å²) in [7, 11) is 0. The Bertz CT molecular complexity index is 454. The Labute approximate surface area is 108 Å². The van der Waals surface area contributed by atoms with Crippen molar-refractivity contribution in [3.8, 4) is 6.07 Å². The smallest absolute Gasteiger partial charge is 0.225 e. The SMILES string of the molecule is CCCN(Cc1ccc(C#N)cc1)C(=O)C1CC1. The second-order valence-corrected chi connectivity index (χ2v) is 4.84. The molecule has 0 aliphatic heterocycles. The molecular formula is C15H18N2O. The van der Waals surface area contributed by atoms with Crippen LogP contribution in [0.1, 0.15) is 37.3 Å². The van der Waals surface area contributed by atoms with Crippen molar-refractivity contribution in [2.45, 2.75) is 32.7 Å².